The van der Waals surface area contributed by atoms with Crippen LogP contribution in [0, 0.1) is 62.6 Å². The molecule has 42 heavy (non-hydrogen) atoms. The van der Waals surface area contributed by atoms with Gasteiger partial charge in [0.25, 0.3) is 0 Å². The van der Waals surface area contributed by atoms with E-state index in [1.54, 1.807) is 20.8 Å². The molecule has 0 aromatic carbocycles. The third kappa shape index (κ3) is 4.18. The lowest BCUT2D eigenvalue weighted by molar-refractivity contribution is -0.295. The van der Waals surface area contributed by atoms with Crippen LogP contribution in [-0.4, -0.2) is 39.5 Å². The molecule has 3 N–H and O–H groups in total. The van der Waals surface area contributed by atoms with Crippen molar-refractivity contribution in [2.45, 2.75) is 151 Å². The summed E-state index contributed by atoms with van der Waals surface area (Å²) in [7, 11) is 0. The van der Waals surface area contributed by atoms with Crippen LogP contribution in [0.2, 0.25) is 0 Å². The highest BCUT2D eigenvalue weighted by Gasteiger charge is 2.77. The van der Waals surface area contributed by atoms with E-state index in [0.717, 1.165) is 31.6 Å². The third-order valence-electron chi connectivity index (χ3n) is 15.2. The number of rotatable bonds is 2. The number of aliphatic hydroxyl groups is 1. The van der Waals surface area contributed by atoms with Gasteiger partial charge in [-0.15, -0.1) is 0 Å². The van der Waals surface area contributed by atoms with Crippen LogP contribution in [0.4, 0.5) is 4.79 Å². The van der Waals surface area contributed by atoms with Crippen LogP contribution in [0.5, 0.6) is 0 Å². The first-order valence-electron chi connectivity index (χ1n) is 17.0. The number of carboxylic acid groups (broad SMARTS) is 1. The topological polar surface area (TPSA) is 95.9 Å². The average Bonchev–Trinajstić information content (AvgIpc) is 2.84. The van der Waals surface area contributed by atoms with Crippen LogP contribution in [0.15, 0.2) is 0 Å². The van der Waals surface area contributed by atoms with Gasteiger partial charge in [-0.3, -0.25) is 0 Å². The maximum atomic E-state index is 13.4. The predicted molar refractivity (Wildman–Crippen MR) is 166 cm³/mol. The Bertz CT molecular complexity index is 1110. The summed E-state index contributed by atoms with van der Waals surface area (Å²) >= 11 is 0. The molecule has 0 bridgehead atoms. The zero-order valence-corrected chi connectivity index (χ0v) is 28.5. The van der Waals surface area contributed by atoms with Gasteiger partial charge in [0.05, 0.1) is 6.04 Å². The van der Waals surface area contributed by atoms with E-state index in [1.165, 1.54) is 25.7 Å². The second kappa shape index (κ2) is 9.60. The molecule has 0 aliphatic heterocycles. The number of carboxylic acids is 1. The van der Waals surface area contributed by atoms with Crippen molar-refractivity contribution in [3.05, 3.63) is 0 Å². The van der Waals surface area contributed by atoms with Gasteiger partial charge < -0.3 is 20.3 Å². The molecular formula is C36H61NO5. The minimum Gasteiger partial charge on any atom is -0.479 e. The minimum atomic E-state index is -2.10. The van der Waals surface area contributed by atoms with Gasteiger partial charge in [-0.05, 0) is 136 Å². The Morgan fingerprint density at radius 2 is 1.48 bits per heavy atom. The Labute approximate surface area is 255 Å². The van der Waals surface area contributed by atoms with Crippen LogP contribution >= 0.6 is 0 Å². The van der Waals surface area contributed by atoms with Gasteiger partial charge >= 0.3 is 12.1 Å². The largest absolute Gasteiger partial charge is 0.479 e. The number of carbonyl (C=O) groups excluding carboxylic acids is 1. The Kier molecular flexibility index (Phi) is 7.34. The molecule has 0 heterocycles. The molecular weight excluding hydrogens is 526 g/mol. The van der Waals surface area contributed by atoms with Gasteiger partial charge in [-0.1, -0.05) is 55.4 Å². The summed E-state index contributed by atoms with van der Waals surface area (Å²) in [4.78, 5) is 26.5. The smallest absolute Gasteiger partial charge is 0.407 e. The fraction of sp³-hybridized carbons (Fsp3) is 0.944. The number of carbonyl (C=O) groups is 2. The van der Waals surface area contributed by atoms with Crippen molar-refractivity contribution in [2.24, 2.45) is 62.6 Å². The molecule has 5 saturated carbocycles. The Morgan fingerprint density at radius 3 is 2.07 bits per heavy atom. The van der Waals surface area contributed by atoms with Crippen LogP contribution < -0.4 is 5.32 Å². The van der Waals surface area contributed by atoms with Gasteiger partial charge in [0.1, 0.15) is 5.60 Å². The number of ether oxygens (including phenoxy) is 1. The maximum absolute atomic E-state index is 13.4. The zero-order valence-electron chi connectivity index (χ0n) is 28.5. The molecule has 2 unspecified atom stereocenters. The predicted octanol–water partition coefficient (Wildman–Crippen LogP) is 8.06. The fourth-order valence-corrected chi connectivity index (χ4v) is 12.8. The van der Waals surface area contributed by atoms with Crippen molar-refractivity contribution in [1.29, 1.82) is 0 Å². The molecule has 0 aromatic heterocycles. The van der Waals surface area contributed by atoms with Crippen LogP contribution in [0.3, 0.4) is 0 Å². The zero-order chi connectivity index (χ0) is 31.5. The molecule has 0 radical (unpaired) electrons. The molecule has 6 heteroatoms. The normalized spacial score (nSPS) is 51.7. The summed E-state index contributed by atoms with van der Waals surface area (Å²) < 4.78 is 5.59. The first-order valence-corrected chi connectivity index (χ1v) is 17.0. The van der Waals surface area contributed by atoms with Crippen LogP contribution in [0.25, 0.3) is 0 Å². The summed E-state index contributed by atoms with van der Waals surface area (Å²) in [5.41, 5.74) is -3.62. The number of amides is 1. The van der Waals surface area contributed by atoms with E-state index in [2.05, 4.69) is 60.7 Å². The summed E-state index contributed by atoms with van der Waals surface area (Å²) in [5.74, 6) is 1.58. The lowest BCUT2D eigenvalue weighted by Gasteiger charge is -2.75. The van der Waals surface area contributed by atoms with E-state index in [9.17, 15) is 19.8 Å². The van der Waals surface area contributed by atoms with E-state index in [4.69, 9.17) is 4.74 Å². The highest BCUT2D eigenvalue weighted by molar-refractivity contribution is 5.82. The van der Waals surface area contributed by atoms with E-state index in [0.29, 0.717) is 29.6 Å². The molecule has 1 amide bonds. The van der Waals surface area contributed by atoms with Gasteiger partial charge in [0.2, 0.25) is 0 Å². The molecule has 6 nitrogen and oxygen atoms in total. The average molecular weight is 588 g/mol. The first kappa shape index (κ1) is 32.1. The molecule has 5 rings (SSSR count). The number of hydrogen-bond acceptors (Lipinski definition) is 4. The fourth-order valence-electron chi connectivity index (χ4n) is 12.8. The highest BCUT2D eigenvalue weighted by Crippen LogP contribution is 2.78. The van der Waals surface area contributed by atoms with E-state index in [-0.39, 0.29) is 28.1 Å². The van der Waals surface area contributed by atoms with Gasteiger partial charge in [0.15, 0.2) is 5.60 Å². The quantitative estimate of drug-likeness (QED) is 0.304. The van der Waals surface area contributed by atoms with Crippen molar-refractivity contribution >= 4 is 12.1 Å². The maximum Gasteiger partial charge on any atom is 0.407 e. The number of hydrogen-bond donors (Lipinski definition) is 3. The number of nitrogens with one attached hydrogen (secondary N) is 1. The highest BCUT2D eigenvalue weighted by atomic mass is 16.6. The Balaban J connectivity index is 1.59. The molecule has 0 aromatic rings. The van der Waals surface area contributed by atoms with E-state index < -0.39 is 34.7 Å². The Morgan fingerprint density at radius 1 is 0.833 bits per heavy atom. The summed E-state index contributed by atoms with van der Waals surface area (Å²) in [5, 5.41) is 26.6. The van der Waals surface area contributed by atoms with Crippen molar-refractivity contribution in [1.82, 2.24) is 5.32 Å². The minimum absolute atomic E-state index is 0.0310. The van der Waals surface area contributed by atoms with Crippen molar-refractivity contribution < 1.29 is 24.5 Å². The number of aliphatic carboxylic acids is 1. The van der Waals surface area contributed by atoms with Gasteiger partial charge in [-0.25, -0.2) is 9.59 Å². The lowest BCUT2D eigenvalue weighted by Crippen LogP contribution is -2.78. The lowest BCUT2D eigenvalue weighted by atomic mass is 9.29. The first-order chi connectivity index (χ1) is 19.1. The molecule has 0 spiro atoms. The SMILES string of the molecule is C[C@@H]1[C@H]2[C@H]3CC[C@@H]4[C@]5(C)[C@@H](CC[C@@]4(C)[C@]3(C)CC[C@@]2(C)CC[C@H]1C)C(C)(C)CC(NC(=O)OC(C)(C)C)C5(O)C(=O)O. The molecule has 5 aliphatic rings. The molecule has 240 valence electrons. The summed E-state index contributed by atoms with van der Waals surface area (Å²) in [6, 6.07) is -0.942. The molecule has 0 saturated heterocycles. The monoisotopic (exact) mass is 587 g/mol. The van der Waals surface area contributed by atoms with Crippen molar-refractivity contribution in [2.75, 3.05) is 0 Å². The molecule has 5 aliphatic carbocycles. The number of alkyl carbamates (subject to hydrolysis) is 1. The second-order valence-corrected chi connectivity index (χ2v) is 18.5. The molecule has 12 atom stereocenters. The van der Waals surface area contributed by atoms with Crippen LogP contribution in [-0.2, 0) is 9.53 Å². The third-order valence-corrected chi connectivity index (χ3v) is 15.2. The van der Waals surface area contributed by atoms with Crippen molar-refractivity contribution in [3.8, 4) is 0 Å². The summed E-state index contributed by atoms with van der Waals surface area (Å²) in [6.45, 7) is 24.4. The van der Waals surface area contributed by atoms with Crippen LogP contribution in [0.1, 0.15) is 134 Å². The summed E-state index contributed by atoms with van der Waals surface area (Å²) in [6.07, 6.45) is 8.79. The van der Waals surface area contributed by atoms with E-state index in [1.807, 2.05) is 0 Å². The Hall–Kier alpha value is -1.30. The standard InChI is InChI=1S/C36H61NO5/c1-21-14-16-32(8)18-19-33(9)23(27(32)22(21)2)12-13-25-34(33,10)17-15-24-31(6,7)20-26(37-29(40)42-30(3,4)5)36(41,28(38)39)35(24,25)11/h21-27,41H,12-20H2,1-11H3,(H,37,40)(H,38,39)/t21-,22+,23-,24+,25+,26?,27+,32-,33-,34-,35+,36?/m1/s1. The van der Waals surface area contributed by atoms with Gasteiger partial charge in [0, 0.05) is 5.41 Å². The van der Waals surface area contributed by atoms with Crippen molar-refractivity contribution in [3.63, 3.8) is 0 Å². The number of fused-ring (bicyclic) bond motifs is 7. The molecule has 5 fully saturated rings. The van der Waals surface area contributed by atoms with Gasteiger partial charge in [-0.2, -0.15) is 0 Å². The van der Waals surface area contributed by atoms with E-state index >= 15 is 0 Å². The second-order valence-electron chi connectivity index (χ2n) is 18.5.